The van der Waals surface area contributed by atoms with Gasteiger partial charge in [0.1, 0.15) is 0 Å². The molecule has 2 heterocycles. The number of fused-ring (bicyclic) bond motifs is 1. The van der Waals surface area contributed by atoms with Gasteiger partial charge >= 0.3 is 0 Å². The molecular formula is C33H50S2Si. The highest BCUT2D eigenvalue weighted by molar-refractivity contribution is 7.91. The molecule has 0 radical (unpaired) electrons. The number of hydrogen-bond acceptors (Lipinski definition) is 2. The first-order valence-electron chi connectivity index (χ1n) is 14.8. The largest absolute Gasteiger partial charge is 0.152 e. The summed E-state index contributed by atoms with van der Waals surface area (Å²) in [7, 11) is -2.14. The maximum Gasteiger partial charge on any atom is 0.152 e. The monoisotopic (exact) mass is 538 g/mol. The highest BCUT2D eigenvalue weighted by Gasteiger charge is 2.49. The third-order valence-corrected chi connectivity index (χ3v) is 15.4. The van der Waals surface area contributed by atoms with E-state index in [0.717, 1.165) is 5.92 Å². The van der Waals surface area contributed by atoms with E-state index < -0.39 is 8.07 Å². The summed E-state index contributed by atoms with van der Waals surface area (Å²) in [4.78, 5) is 4.16. The normalized spacial score (nSPS) is 18.4. The molecule has 0 bridgehead atoms. The molecule has 2 aromatic rings. The number of unbranched alkanes of at least 4 members (excludes halogenated alkanes) is 6. The van der Waals surface area contributed by atoms with E-state index in [9.17, 15) is 0 Å². The highest BCUT2D eigenvalue weighted by Crippen LogP contribution is 2.44. The lowest BCUT2D eigenvalue weighted by atomic mass is 9.97. The fraction of sp³-hybridized carbons (Fsp3) is 0.576. The summed E-state index contributed by atoms with van der Waals surface area (Å²) in [6.07, 6.45) is 20.7. The van der Waals surface area contributed by atoms with Gasteiger partial charge in [-0.15, -0.1) is 24.0 Å². The van der Waals surface area contributed by atoms with Crippen LogP contribution in [0.2, 0.25) is 6.04 Å². The third-order valence-electron chi connectivity index (χ3n) is 8.12. The summed E-state index contributed by atoms with van der Waals surface area (Å²) < 4.78 is 0. The van der Waals surface area contributed by atoms with Gasteiger partial charge in [0.05, 0.1) is 0 Å². The molecule has 1 aromatic carbocycles. The molecule has 2 unspecified atom stereocenters. The lowest BCUT2D eigenvalue weighted by molar-refractivity contribution is 0.442. The first-order chi connectivity index (χ1) is 17.5. The Bertz CT molecular complexity index is 997. The van der Waals surface area contributed by atoms with Gasteiger partial charge in [0, 0.05) is 14.7 Å². The van der Waals surface area contributed by atoms with Gasteiger partial charge in [-0.3, -0.25) is 0 Å². The molecule has 1 aliphatic rings. The summed E-state index contributed by atoms with van der Waals surface area (Å²) in [6.45, 7) is 11.4. The number of allylic oxidation sites excluding steroid dienone is 3. The Balaban J connectivity index is 2.06. The molecule has 198 valence electrons. The molecule has 3 heteroatoms. The van der Waals surface area contributed by atoms with Crippen molar-refractivity contribution in [2.24, 2.45) is 5.92 Å². The zero-order valence-electron chi connectivity index (χ0n) is 23.7. The first kappa shape index (κ1) is 29.5. The Hall–Kier alpha value is -1.03. The van der Waals surface area contributed by atoms with Crippen molar-refractivity contribution in [2.45, 2.75) is 118 Å². The molecule has 0 aliphatic carbocycles. The predicted molar refractivity (Wildman–Crippen MR) is 171 cm³/mol. The zero-order chi connectivity index (χ0) is 26.0. The van der Waals surface area contributed by atoms with Crippen molar-refractivity contribution in [1.82, 2.24) is 0 Å². The molecule has 0 spiro atoms. The van der Waals surface area contributed by atoms with Crippen LogP contribution in [0.5, 0.6) is 0 Å². The minimum Gasteiger partial charge on any atom is -0.142 e. The number of aryl methyl sites for hydroxylation is 2. The van der Waals surface area contributed by atoms with Gasteiger partial charge < -0.3 is 0 Å². The van der Waals surface area contributed by atoms with E-state index in [1.165, 1.54) is 103 Å². The minimum atomic E-state index is -2.14. The van der Waals surface area contributed by atoms with Gasteiger partial charge in [-0.2, -0.15) is 0 Å². The van der Waals surface area contributed by atoms with E-state index in [4.69, 9.17) is 12.6 Å². The van der Waals surface area contributed by atoms with Crippen LogP contribution in [0, 0.1) is 12.8 Å². The van der Waals surface area contributed by atoms with Crippen molar-refractivity contribution in [3.8, 4) is 0 Å². The average molecular weight is 539 g/mol. The fourth-order valence-electron chi connectivity index (χ4n) is 6.18. The second-order valence-corrected chi connectivity index (χ2v) is 16.6. The van der Waals surface area contributed by atoms with Gasteiger partial charge in [-0.25, -0.2) is 0 Å². The van der Waals surface area contributed by atoms with Crippen molar-refractivity contribution in [1.29, 1.82) is 0 Å². The molecule has 2 atom stereocenters. The maximum atomic E-state index is 5.22. The van der Waals surface area contributed by atoms with E-state index >= 15 is 0 Å². The highest BCUT2D eigenvalue weighted by atomic mass is 32.1. The topological polar surface area (TPSA) is 0 Å². The maximum absolute atomic E-state index is 5.22. The van der Waals surface area contributed by atoms with Crippen LogP contribution in [-0.4, -0.2) is 8.07 Å². The Kier molecular flexibility index (Phi) is 12.1. The Morgan fingerprint density at radius 2 is 1.56 bits per heavy atom. The number of thiol groups is 1. The van der Waals surface area contributed by atoms with Gasteiger partial charge in [0.2, 0.25) is 0 Å². The molecule has 36 heavy (non-hydrogen) atoms. The van der Waals surface area contributed by atoms with E-state index in [0.29, 0.717) is 0 Å². The van der Waals surface area contributed by atoms with Crippen molar-refractivity contribution >= 4 is 47.3 Å². The molecule has 0 amide bonds. The molecule has 0 nitrogen and oxygen atoms in total. The molecule has 3 rings (SSSR count). The van der Waals surface area contributed by atoms with Crippen LogP contribution >= 0.6 is 24.0 Å². The molecular weight excluding hydrogens is 489 g/mol. The molecule has 1 aliphatic heterocycles. The summed E-state index contributed by atoms with van der Waals surface area (Å²) in [6, 6.07) is 13.8. The second kappa shape index (κ2) is 14.8. The predicted octanol–water partition coefficient (Wildman–Crippen LogP) is 9.90. The number of thiophene rings is 1. The Morgan fingerprint density at radius 1 is 0.889 bits per heavy atom. The first-order valence-corrected chi connectivity index (χ1v) is 18.3. The molecule has 0 fully saturated rings. The van der Waals surface area contributed by atoms with Crippen molar-refractivity contribution in [2.75, 3.05) is 0 Å². The van der Waals surface area contributed by atoms with Crippen LogP contribution in [0.25, 0.3) is 4.91 Å². The van der Waals surface area contributed by atoms with Crippen molar-refractivity contribution in [3.05, 3.63) is 63.0 Å². The van der Waals surface area contributed by atoms with Crippen LogP contribution in [0.1, 0.15) is 114 Å². The Morgan fingerprint density at radius 3 is 2.22 bits per heavy atom. The SMILES string of the molecule is CC=CC1=C(S)c2sc(C)cc2[Si]1(CC(CCCC)CCCCCC)c1ccc(CCCCC)cc1. The van der Waals surface area contributed by atoms with Crippen LogP contribution in [0.3, 0.4) is 0 Å². The van der Waals surface area contributed by atoms with E-state index in [1.54, 1.807) is 15.6 Å². The van der Waals surface area contributed by atoms with Crippen LogP contribution in [-0.2, 0) is 6.42 Å². The third kappa shape index (κ3) is 6.88. The Labute approximate surface area is 233 Å². The van der Waals surface area contributed by atoms with Crippen molar-refractivity contribution < 1.29 is 0 Å². The second-order valence-electron chi connectivity index (χ2n) is 11.0. The standard InChI is InChI=1S/C33H50S2Si/c1-6-10-13-15-19-28(17-12-8-3)25-36(29-22-20-27(21-23-29)18-14-11-7-2)30(16-9-4)32(34)33-31(36)24-26(5)35-33/h9,16,20-24,28,34H,6-8,10-15,17-19,25H2,1-5H3. The van der Waals surface area contributed by atoms with E-state index in [2.05, 4.69) is 77.1 Å². The smallest absolute Gasteiger partial charge is 0.142 e. The summed E-state index contributed by atoms with van der Waals surface area (Å²) in [5, 5.41) is 4.81. The van der Waals surface area contributed by atoms with Gasteiger partial charge in [-0.05, 0) is 65.9 Å². The van der Waals surface area contributed by atoms with Crippen molar-refractivity contribution in [3.63, 3.8) is 0 Å². The van der Waals surface area contributed by atoms with Gasteiger partial charge in [0.15, 0.2) is 8.07 Å². The molecule has 0 N–H and O–H groups in total. The number of benzene rings is 1. The van der Waals surface area contributed by atoms with Gasteiger partial charge in [0.25, 0.3) is 0 Å². The minimum absolute atomic E-state index is 0.797. The fourth-order valence-corrected chi connectivity index (χ4v) is 14.5. The summed E-state index contributed by atoms with van der Waals surface area (Å²) in [5.41, 5.74) is 1.50. The zero-order valence-corrected chi connectivity index (χ0v) is 26.4. The number of rotatable bonds is 16. The lowest BCUT2D eigenvalue weighted by Crippen LogP contribution is -2.59. The quantitative estimate of drug-likeness (QED) is 0.123. The molecule has 0 saturated heterocycles. The van der Waals surface area contributed by atoms with Crippen LogP contribution in [0.4, 0.5) is 0 Å². The number of hydrogen-bond donors (Lipinski definition) is 1. The van der Waals surface area contributed by atoms with E-state index in [1.807, 2.05) is 11.3 Å². The summed E-state index contributed by atoms with van der Waals surface area (Å²) >= 11 is 7.18. The van der Waals surface area contributed by atoms with E-state index in [-0.39, 0.29) is 0 Å². The summed E-state index contributed by atoms with van der Waals surface area (Å²) in [5.74, 6) is 0.797. The lowest BCUT2D eigenvalue weighted by Gasteiger charge is -2.35. The van der Waals surface area contributed by atoms with Gasteiger partial charge in [-0.1, -0.05) is 121 Å². The average Bonchev–Trinajstić information content (AvgIpc) is 3.37. The van der Waals surface area contributed by atoms with Crippen LogP contribution in [0.15, 0.2) is 47.7 Å². The molecule has 0 saturated carbocycles. The molecule has 1 aromatic heterocycles. The van der Waals surface area contributed by atoms with Crippen LogP contribution < -0.4 is 10.4 Å².